The Labute approximate surface area is 171 Å². The Bertz CT molecular complexity index is 798. The van der Waals surface area contributed by atoms with E-state index in [1.54, 1.807) is 24.4 Å². The van der Waals surface area contributed by atoms with E-state index >= 15 is 0 Å². The van der Waals surface area contributed by atoms with Gasteiger partial charge in [-0.05, 0) is 12.1 Å². The van der Waals surface area contributed by atoms with E-state index in [1.165, 1.54) is 25.6 Å². The van der Waals surface area contributed by atoms with Gasteiger partial charge in [0.1, 0.15) is 11.5 Å². The number of halogens is 1. The van der Waals surface area contributed by atoms with Gasteiger partial charge in [-0.2, -0.15) is 0 Å². The van der Waals surface area contributed by atoms with Crippen LogP contribution in [0.4, 0.5) is 5.69 Å². The third-order valence-electron chi connectivity index (χ3n) is 3.52. The van der Waals surface area contributed by atoms with Gasteiger partial charge in [-0.1, -0.05) is 11.6 Å². The summed E-state index contributed by atoms with van der Waals surface area (Å²) in [5.41, 5.74) is 0.671. The van der Waals surface area contributed by atoms with Gasteiger partial charge in [0, 0.05) is 17.1 Å². The fourth-order valence-electron chi connectivity index (χ4n) is 2.11. The number of anilines is 1. The number of nitrogens with zero attached hydrogens (tertiary/aromatic N) is 1. The van der Waals surface area contributed by atoms with Crippen molar-refractivity contribution in [2.45, 2.75) is 19.4 Å². The molecule has 0 aliphatic heterocycles. The molecule has 0 saturated heterocycles. The first-order chi connectivity index (χ1) is 13.5. The zero-order valence-corrected chi connectivity index (χ0v) is 17.1. The van der Waals surface area contributed by atoms with E-state index in [0.29, 0.717) is 28.2 Å². The van der Waals surface area contributed by atoms with Gasteiger partial charge in [0.15, 0.2) is 4.47 Å². The molecule has 0 unspecified atom stereocenters. The molecule has 0 aliphatic rings. The summed E-state index contributed by atoms with van der Waals surface area (Å²) in [6, 6.07) is 5.21. The topological polar surface area (TPSA) is 96.0 Å². The molecule has 0 saturated carbocycles. The fraction of sp³-hybridized carbons (Fsp3) is 0.389. The van der Waals surface area contributed by atoms with Crippen LogP contribution in [-0.4, -0.2) is 44.4 Å². The molecular formula is C18H21ClN2O6S. The summed E-state index contributed by atoms with van der Waals surface area (Å²) in [5.74, 6) is 0.425. The molecule has 1 aromatic heterocycles. The van der Waals surface area contributed by atoms with E-state index in [4.69, 9.17) is 21.1 Å². The zero-order valence-electron chi connectivity index (χ0n) is 15.5. The molecule has 0 amide bonds. The van der Waals surface area contributed by atoms with Crippen LogP contribution in [-0.2, 0) is 25.6 Å². The van der Waals surface area contributed by atoms with E-state index in [0.717, 1.165) is 4.88 Å². The highest BCUT2D eigenvalue weighted by Crippen LogP contribution is 2.31. The van der Waals surface area contributed by atoms with Gasteiger partial charge in [0.05, 0.1) is 52.5 Å². The third-order valence-corrected chi connectivity index (χ3v) is 4.64. The molecule has 0 fully saturated rings. The Morgan fingerprint density at radius 2 is 1.79 bits per heavy atom. The highest BCUT2D eigenvalue weighted by molar-refractivity contribution is 7.15. The van der Waals surface area contributed by atoms with Crippen molar-refractivity contribution >= 4 is 40.6 Å². The van der Waals surface area contributed by atoms with Crippen LogP contribution in [0.5, 0.6) is 11.5 Å². The van der Waals surface area contributed by atoms with E-state index in [1.807, 2.05) is 0 Å². The summed E-state index contributed by atoms with van der Waals surface area (Å²) in [7, 11) is 2.66. The van der Waals surface area contributed by atoms with Gasteiger partial charge in [-0.3, -0.25) is 9.59 Å². The number of hydrogen-bond acceptors (Lipinski definition) is 9. The number of methoxy groups -OCH3 is 2. The average Bonchev–Trinajstić information content (AvgIpc) is 3.12. The number of thiazole rings is 1. The zero-order chi connectivity index (χ0) is 20.4. The molecule has 1 aromatic carbocycles. The van der Waals surface area contributed by atoms with Gasteiger partial charge in [-0.25, -0.2) is 4.98 Å². The first-order valence-corrected chi connectivity index (χ1v) is 9.58. The summed E-state index contributed by atoms with van der Waals surface area (Å²) < 4.78 is 20.9. The Kier molecular flexibility index (Phi) is 8.83. The van der Waals surface area contributed by atoms with Crippen molar-refractivity contribution in [2.75, 3.05) is 32.8 Å². The number of hydrogen-bond donors (Lipinski definition) is 1. The number of carbonyl (C=O) groups excluding carboxylic acids is 2. The largest absolute Gasteiger partial charge is 0.493 e. The summed E-state index contributed by atoms with van der Waals surface area (Å²) in [5, 5.41) is 3.24. The molecular weight excluding hydrogens is 408 g/mol. The molecule has 1 heterocycles. The predicted octanol–water partition coefficient (Wildman–Crippen LogP) is 3.29. The maximum Gasteiger partial charge on any atom is 0.308 e. The Balaban J connectivity index is 2.03. The SMILES string of the molecule is COC(=O)CCOc1ccc(OCCC(=O)OC)c(NCc2cnc(Cl)s2)c1. The monoisotopic (exact) mass is 428 g/mol. The highest BCUT2D eigenvalue weighted by atomic mass is 35.5. The van der Waals surface area contributed by atoms with Crippen LogP contribution in [0.3, 0.4) is 0 Å². The second kappa shape index (κ2) is 11.4. The molecule has 10 heteroatoms. The van der Waals surface area contributed by atoms with Crippen molar-refractivity contribution < 1.29 is 28.5 Å². The van der Waals surface area contributed by atoms with Crippen LogP contribution in [0.15, 0.2) is 24.4 Å². The number of esters is 2. The van der Waals surface area contributed by atoms with Gasteiger partial charge < -0.3 is 24.3 Å². The number of benzene rings is 1. The number of ether oxygens (including phenoxy) is 4. The quantitative estimate of drug-likeness (QED) is 0.544. The van der Waals surface area contributed by atoms with Crippen LogP contribution in [0.1, 0.15) is 17.7 Å². The lowest BCUT2D eigenvalue weighted by atomic mass is 10.2. The molecule has 2 rings (SSSR count). The van der Waals surface area contributed by atoms with Crippen LogP contribution in [0.2, 0.25) is 4.47 Å². The summed E-state index contributed by atoms with van der Waals surface area (Å²) in [4.78, 5) is 27.4. The number of aromatic nitrogens is 1. The van der Waals surface area contributed by atoms with Crippen molar-refractivity contribution in [3.63, 3.8) is 0 Å². The Morgan fingerprint density at radius 3 is 2.39 bits per heavy atom. The number of nitrogens with one attached hydrogen (secondary N) is 1. The molecule has 152 valence electrons. The van der Waals surface area contributed by atoms with Crippen molar-refractivity contribution in [1.29, 1.82) is 0 Å². The van der Waals surface area contributed by atoms with Crippen molar-refractivity contribution in [3.05, 3.63) is 33.7 Å². The van der Waals surface area contributed by atoms with Gasteiger partial charge in [0.25, 0.3) is 0 Å². The average molecular weight is 429 g/mol. The molecule has 0 spiro atoms. The molecule has 28 heavy (non-hydrogen) atoms. The smallest absolute Gasteiger partial charge is 0.308 e. The van der Waals surface area contributed by atoms with Gasteiger partial charge in [0.2, 0.25) is 0 Å². The molecule has 2 aromatic rings. The summed E-state index contributed by atoms with van der Waals surface area (Å²) >= 11 is 7.23. The normalized spacial score (nSPS) is 10.2. The minimum absolute atomic E-state index is 0.137. The van der Waals surface area contributed by atoms with Crippen LogP contribution < -0.4 is 14.8 Å². The van der Waals surface area contributed by atoms with E-state index < -0.39 is 0 Å². The van der Waals surface area contributed by atoms with Crippen molar-refractivity contribution in [2.24, 2.45) is 0 Å². The number of rotatable bonds is 11. The standard InChI is InChI=1S/C18H21ClN2O6S/c1-24-16(22)5-7-26-12-3-4-15(27-8-6-17(23)25-2)14(9-12)20-10-13-11-21-18(19)28-13/h3-4,9,11,20H,5-8,10H2,1-2H3. The molecule has 0 bridgehead atoms. The summed E-state index contributed by atoms with van der Waals surface area (Å²) in [6.07, 6.45) is 1.97. The van der Waals surface area contributed by atoms with E-state index in [9.17, 15) is 9.59 Å². The molecule has 1 N–H and O–H groups in total. The Hall–Kier alpha value is -2.52. The molecule has 0 radical (unpaired) electrons. The minimum atomic E-state index is -0.350. The Morgan fingerprint density at radius 1 is 1.11 bits per heavy atom. The molecule has 8 nitrogen and oxygen atoms in total. The van der Waals surface area contributed by atoms with Gasteiger partial charge in [-0.15, -0.1) is 11.3 Å². The fourth-order valence-corrected chi connectivity index (χ4v) is 3.03. The van der Waals surface area contributed by atoms with Crippen molar-refractivity contribution in [3.8, 4) is 11.5 Å². The van der Waals surface area contributed by atoms with Crippen LogP contribution in [0.25, 0.3) is 0 Å². The minimum Gasteiger partial charge on any atom is -0.493 e. The maximum absolute atomic E-state index is 11.3. The van der Waals surface area contributed by atoms with Crippen LogP contribution in [0, 0.1) is 0 Å². The van der Waals surface area contributed by atoms with E-state index in [2.05, 4.69) is 19.8 Å². The lowest BCUT2D eigenvalue weighted by Gasteiger charge is -2.15. The lowest BCUT2D eigenvalue weighted by molar-refractivity contribution is -0.142. The van der Waals surface area contributed by atoms with E-state index in [-0.39, 0.29) is 38.0 Å². The van der Waals surface area contributed by atoms with Gasteiger partial charge >= 0.3 is 11.9 Å². The second-order valence-corrected chi connectivity index (χ2v) is 7.14. The highest BCUT2D eigenvalue weighted by Gasteiger charge is 2.10. The number of carbonyl (C=O) groups is 2. The lowest BCUT2D eigenvalue weighted by Crippen LogP contribution is -2.10. The first kappa shape index (κ1) is 21.8. The predicted molar refractivity (Wildman–Crippen MR) is 105 cm³/mol. The molecule has 0 atom stereocenters. The molecule has 0 aliphatic carbocycles. The second-order valence-electron chi connectivity index (χ2n) is 5.44. The van der Waals surface area contributed by atoms with Crippen molar-refractivity contribution in [1.82, 2.24) is 4.98 Å². The first-order valence-electron chi connectivity index (χ1n) is 8.39. The van der Waals surface area contributed by atoms with Crippen LogP contribution >= 0.6 is 22.9 Å². The summed E-state index contributed by atoms with van der Waals surface area (Å²) in [6.45, 7) is 0.860. The maximum atomic E-state index is 11.3. The third kappa shape index (κ3) is 7.24.